The van der Waals surface area contributed by atoms with Crippen LogP contribution in [0.2, 0.25) is 0 Å². The second-order valence-corrected chi connectivity index (χ2v) is 6.02. The Labute approximate surface area is 157 Å². The van der Waals surface area contributed by atoms with Crippen LogP contribution in [0.4, 0.5) is 8.78 Å². The summed E-state index contributed by atoms with van der Waals surface area (Å²) in [5, 5.41) is 2.74. The number of amides is 1. The molecule has 0 aliphatic heterocycles. The van der Waals surface area contributed by atoms with Crippen LogP contribution in [0.25, 0.3) is 0 Å². The molecule has 0 fully saturated rings. The number of nitrogens with one attached hydrogen (secondary N) is 1. The molecule has 0 saturated heterocycles. The minimum Gasteiger partial charge on any atom is -0.493 e. The Kier molecular flexibility index (Phi) is 7.40. The molecule has 0 aromatic heterocycles. The van der Waals surface area contributed by atoms with Gasteiger partial charge in [-0.3, -0.25) is 4.79 Å². The largest absolute Gasteiger partial charge is 0.493 e. The lowest BCUT2D eigenvalue weighted by molar-refractivity contribution is -0.123. The summed E-state index contributed by atoms with van der Waals surface area (Å²) in [6, 6.07) is 10.5. The number of methoxy groups -OCH3 is 1. The van der Waals surface area contributed by atoms with E-state index >= 15 is 0 Å². The molecule has 0 unspecified atom stereocenters. The van der Waals surface area contributed by atoms with Gasteiger partial charge in [-0.05, 0) is 49.6 Å². The zero-order valence-electron chi connectivity index (χ0n) is 15.6. The summed E-state index contributed by atoms with van der Waals surface area (Å²) in [7, 11) is 1.38. The average molecular weight is 379 g/mol. The third kappa shape index (κ3) is 6.44. The summed E-state index contributed by atoms with van der Waals surface area (Å²) in [6.45, 7) is 1.22. The zero-order chi connectivity index (χ0) is 19.8. The lowest BCUT2D eigenvalue weighted by atomic mass is 10.1. The van der Waals surface area contributed by atoms with E-state index in [4.69, 9.17) is 9.47 Å². The van der Waals surface area contributed by atoms with E-state index in [9.17, 15) is 13.6 Å². The molecule has 0 heterocycles. The fourth-order valence-corrected chi connectivity index (χ4v) is 2.57. The van der Waals surface area contributed by atoms with Gasteiger partial charge in [0.2, 0.25) is 0 Å². The molecular formula is C20H23F2NO4. The number of carbonyl (C=O) groups excluding carboxylic acids is 1. The molecule has 0 aliphatic rings. The summed E-state index contributed by atoms with van der Waals surface area (Å²) in [4.78, 5) is 11.9. The molecule has 7 heteroatoms. The van der Waals surface area contributed by atoms with Crippen LogP contribution in [0.5, 0.6) is 17.2 Å². The molecule has 0 saturated carbocycles. The monoisotopic (exact) mass is 379 g/mol. The first-order valence-electron chi connectivity index (χ1n) is 8.47. The summed E-state index contributed by atoms with van der Waals surface area (Å²) in [6.07, 6.45) is 0.457. The first kappa shape index (κ1) is 20.5. The standard InChI is InChI=1S/C20H23F2NO4/c1-13-4-6-16(14(2)10-13)26-12-19(24)23-9-8-15-5-7-17(25-3)18(11-15)27-20(21)22/h4-7,10-11,20H,8-9,12H2,1-3H3,(H,23,24). The van der Waals surface area contributed by atoms with Crippen molar-refractivity contribution in [2.24, 2.45) is 0 Å². The second-order valence-electron chi connectivity index (χ2n) is 6.02. The molecule has 0 radical (unpaired) electrons. The molecule has 2 aromatic rings. The van der Waals surface area contributed by atoms with E-state index < -0.39 is 6.61 Å². The lowest BCUT2D eigenvalue weighted by Gasteiger charge is -2.12. The maximum Gasteiger partial charge on any atom is 0.387 e. The van der Waals surface area contributed by atoms with Gasteiger partial charge in [-0.1, -0.05) is 23.8 Å². The smallest absolute Gasteiger partial charge is 0.387 e. The van der Waals surface area contributed by atoms with Crippen LogP contribution in [0, 0.1) is 13.8 Å². The fourth-order valence-electron chi connectivity index (χ4n) is 2.57. The quantitative estimate of drug-likeness (QED) is 0.723. The van der Waals surface area contributed by atoms with E-state index in [2.05, 4.69) is 10.1 Å². The highest BCUT2D eigenvalue weighted by atomic mass is 19.3. The van der Waals surface area contributed by atoms with Gasteiger partial charge in [0.05, 0.1) is 7.11 Å². The van der Waals surface area contributed by atoms with Crippen molar-refractivity contribution in [3.8, 4) is 17.2 Å². The Morgan fingerprint density at radius 1 is 1.07 bits per heavy atom. The highest BCUT2D eigenvalue weighted by Crippen LogP contribution is 2.29. The SMILES string of the molecule is COc1ccc(CCNC(=O)COc2ccc(C)cc2C)cc1OC(F)F. The minimum atomic E-state index is -2.93. The van der Waals surface area contributed by atoms with Crippen LogP contribution in [0.3, 0.4) is 0 Å². The Hall–Kier alpha value is -2.83. The van der Waals surface area contributed by atoms with E-state index in [0.717, 1.165) is 16.7 Å². The number of ether oxygens (including phenoxy) is 3. The second kappa shape index (κ2) is 9.75. The van der Waals surface area contributed by atoms with E-state index in [1.54, 1.807) is 12.1 Å². The highest BCUT2D eigenvalue weighted by molar-refractivity contribution is 5.77. The van der Waals surface area contributed by atoms with E-state index in [-0.39, 0.29) is 24.0 Å². The minimum absolute atomic E-state index is 0.0329. The molecule has 27 heavy (non-hydrogen) atoms. The van der Waals surface area contributed by atoms with Crippen LogP contribution in [-0.4, -0.2) is 32.8 Å². The Morgan fingerprint density at radius 2 is 1.81 bits per heavy atom. The number of rotatable bonds is 9. The lowest BCUT2D eigenvalue weighted by Crippen LogP contribution is -2.30. The zero-order valence-corrected chi connectivity index (χ0v) is 15.6. The predicted molar refractivity (Wildman–Crippen MR) is 97.8 cm³/mol. The van der Waals surface area contributed by atoms with Gasteiger partial charge < -0.3 is 19.5 Å². The van der Waals surface area contributed by atoms with Gasteiger partial charge in [-0.15, -0.1) is 0 Å². The molecule has 0 atom stereocenters. The summed E-state index contributed by atoms with van der Waals surface area (Å²) >= 11 is 0. The normalized spacial score (nSPS) is 10.6. The van der Waals surface area contributed by atoms with Gasteiger partial charge in [0.25, 0.3) is 5.91 Å². The number of aryl methyl sites for hydroxylation is 2. The molecule has 1 amide bonds. The number of hydrogen-bond donors (Lipinski definition) is 1. The van der Waals surface area contributed by atoms with Crippen LogP contribution in [0.15, 0.2) is 36.4 Å². The number of alkyl halides is 2. The van der Waals surface area contributed by atoms with Crippen LogP contribution >= 0.6 is 0 Å². The van der Waals surface area contributed by atoms with Crippen molar-refractivity contribution in [3.05, 3.63) is 53.1 Å². The third-order valence-corrected chi connectivity index (χ3v) is 3.87. The van der Waals surface area contributed by atoms with Crippen molar-refractivity contribution in [3.63, 3.8) is 0 Å². The van der Waals surface area contributed by atoms with E-state index in [1.165, 1.54) is 13.2 Å². The molecule has 5 nitrogen and oxygen atoms in total. The average Bonchev–Trinajstić information content (AvgIpc) is 2.61. The van der Waals surface area contributed by atoms with Crippen molar-refractivity contribution in [1.82, 2.24) is 5.32 Å². The van der Waals surface area contributed by atoms with Crippen LogP contribution in [-0.2, 0) is 11.2 Å². The highest BCUT2D eigenvalue weighted by Gasteiger charge is 2.11. The van der Waals surface area contributed by atoms with Crippen molar-refractivity contribution in [1.29, 1.82) is 0 Å². The first-order chi connectivity index (χ1) is 12.9. The van der Waals surface area contributed by atoms with Crippen LogP contribution < -0.4 is 19.5 Å². The molecule has 0 bridgehead atoms. The Bertz CT molecular complexity index is 781. The summed E-state index contributed by atoms with van der Waals surface area (Å²) < 4.78 is 39.9. The Morgan fingerprint density at radius 3 is 2.48 bits per heavy atom. The molecular weight excluding hydrogens is 356 g/mol. The fraction of sp³-hybridized carbons (Fsp3) is 0.350. The number of hydrogen-bond acceptors (Lipinski definition) is 4. The molecule has 0 spiro atoms. The van der Waals surface area contributed by atoms with Crippen LogP contribution in [0.1, 0.15) is 16.7 Å². The van der Waals surface area contributed by atoms with Gasteiger partial charge >= 0.3 is 6.61 Å². The van der Waals surface area contributed by atoms with E-state index in [0.29, 0.717) is 18.7 Å². The topological polar surface area (TPSA) is 56.8 Å². The van der Waals surface area contributed by atoms with Crippen molar-refractivity contribution in [2.75, 3.05) is 20.3 Å². The number of benzene rings is 2. The summed E-state index contributed by atoms with van der Waals surface area (Å²) in [5.41, 5.74) is 2.83. The van der Waals surface area contributed by atoms with Gasteiger partial charge in [0, 0.05) is 6.54 Å². The Balaban J connectivity index is 1.82. The molecule has 2 aromatic carbocycles. The van der Waals surface area contributed by atoms with Gasteiger partial charge in [0.1, 0.15) is 5.75 Å². The third-order valence-electron chi connectivity index (χ3n) is 3.87. The first-order valence-corrected chi connectivity index (χ1v) is 8.47. The van der Waals surface area contributed by atoms with Crippen molar-refractivity contribution in [2.45, 2.75) is 26.9 Å². The van der Waals surface area contributed by atoms with Gasteiger partial charge in [-0.2, -0.15) is 8.78 Å². The molecule has 146 valence electrons. The predicted octanol–water partition coefficient (Wildman–Crippen LogP) is 3.65. The number of halogens is 2. The molecule has 1 N–H and O–H groups in total. The van der Waals surface area contributed by atoms with Gasteiger partial charge in [-0.25, -0.2) is 0 Å². The van der Waals surface area contributed by atoms with E-state index in [1.807, 2.05) is 32.0 Å². The maximum absolute atomic E-state index is 12.5. The maximum atomic E-state index is 12.5. The van der Waals surface area contributed by atoms with Crippen molar-refractivity contribution >= 4 is 5.91 Å². The van der Waals surface area contributed by atoms with Crippen molar-refractivity contribution < 1.29 is 27.8 Å². The van der Waals surface area contributed by atoms with Gasteiger partial charge in [0.15, 0.2) is 18.1 Å². The summed E-state index contributed by atoms with van der Waals surface area (Å²) in [5.74, 6) is 0.603. The molecule has 2 rings (SSSR count). The number of carbonyl (C=O) groups is 1. The molecule has 0 aliphatic carbocycles.